The Morgan fingerprint density at radius 3 is 3.00 bits per heavy atom. The number of nitrogen functional groups attached to an aromatic ring is 1. The Bertz CT molecular complexity index is 428. The van der Waals surface area contributed by atoms with E-state index in [1.165, 1.54) is 6.42 Å². The molecule has 2 atom stereocenters. The number of hydrogen-bond donors (Lipinski definition) is 1. The standard InChI is InChI=1S/C14H21NO2S/c1-11-10-12(15)6-7-14(11)18(16)9-3-5-13-4-2-8-17-13/h6-7,10,13H,2-5,8-9,15H2,1H3. The van der Waals surface area contributed by atoms with E-state index >= 15 is 0 Å². The van der Waals surface area contributed by atoms with E-state index in [1.54, 1.807) is 0 Å². The van der Waals surface area contributed by atoms with E-state index < -0.39 is 10.8 Å². The van der Waals surface area contributed by atoms with Crippen molar-refractivity contribution < 1.29 is 8.95 Å². The normalized spacial score (nSPS) is 21.1. The lowest BCUT2D eigenvalue weighted by molar-refractivity contribution is 0.104. The van der Waals surface area contributed by atoms with Crippen LogP contribution in [0, 0.1) is 6.92 Å². The minimum Gasteiger partial charge on any atom is -0.399 e. The Labute approximate surface area is 111 Å². The second kappa shape index (κ2) is 6.34. The van der Waals surface area contributed by atoms with E-state index in [2.05, 4.69) is 0 Å². The van der Waals surface area contributed by atoms with E-state index in [0.29, 0.717) is 11.9 Å². The smallest absolute Gasteiger partial charge is 0.0576 e. The predicted molar refractivity (Wildman–Crippen MR) is 75.1 cm³/mol. The zero-order chi connectivity index (χ0) is 13.0. The zero-order valence-corrected chi connectivity index (χ0v) is 11.7. The van der Waals surface area contributed by atoms with E-state index in [-0.39, 0.29) is 0 Å². The summed E-state index contributed by atoms with van der Waals surface area (Å²) in [5, 5.41) is 0. The van der Waals surface area contributed by atoms with Gasteiger partial charge < -0.3 is 10.5 Å². The summed E-state index contributed by atoms with van der Waals surface area (Å²) >= 11 is 0. The molecule has 2 rings (SSSR count). The van der Waals surface area contributed by atoms with Gasteiger partial charge in [-0.05, 0) is 56.4 Å². The highest BCUT2D eigenvalue weighted by molar-refractivity contribution is 7.85. The van der Waals surface area contributed by atoms with Gasteiger partial charge in [0.1, 0.15) is 0 Å². The van der Waals surface area contributed by atoms with Crippen molar-refractivity contribution in [1.82, 2.24) is 0 Å². The first-order valence-corrected chi connectivity index (χ1v) is 7.85. The molecule has 2 unspecified atom stereocenters. The highest BCUT2D eigenvalue weighted by Gasteiger charge is 2.15. The number of aryl methyl sites for hydroxylation is 1. The first-order chi connectivity index (χ1) is 8.66. The number of nitrogens with two attached hydrogens (primary N) is 1. The van der Waals surface area contributed by atoms with Crippen LogP contribution in [0.5, 0.6) is 0 Å². The fourth-order valence-electron chi connectivity index (χ4n) is 2.35. The molecular formula is C14H21NO2S. The van der Waals surface area contributed by atoms with Crippen LogP contribution in [0.25, 0.3) is 0 Å². The molecule has 0 amide bonds. The van der Waals surface area contributed by atoms with Crippen molar-refractivity contribution in [2.24, 2.45) is 0 Å². The molecule has 0 aliphatic carbocycles. The Hall–Kier alpha value is -0.870. The maximum absolute atomic E-state index is 12.2. The number of benzene rings is 1. The number of ether oxygens (including phenoxy) is 1. The molecule has 2 N–H and O–H groups in total. The molecular weight excluding hydrogens is 246 g/mol. The van der Waals surface area contributed by atoms with Crippen molar-refractivity contribution in [3.05, 3.63) is 23.8 Å². The van der Waals surface area contributed by atoms with Gasteiger partial charge in [-0.25, -0.2) is 0 Å². The van der Waals surface area contributed by atoms with Crippen molar-refractivity contribution in [1.29, 1.82) is 0 Å². The fourth-order valence-corrected chi connectivity index (χ4v) is 3.64. The molecule has 0 saturated carbocycles. The second-order valence-corrected chi connectivity index (χ2v) is 6.39. The van der Waals surface area contributed by atoms with Gasteiger partial charge in [-0.1, -0.05) is 0 Å². The summed E-state index contributed by atoms with van der Waals surface area (Å²) < 4.78 is 17.7. The van der Waals surface area contributed by atoms with Gasteiger partial charge in [0.05, 0.1) is 16.9 Å². The maximum atomic E-state index is 12.2. The van der Waals surface area contributed by atoms with Crippen molar-refractivity contribution in [3.8, 4) is 0 Å². The third-order valence-electron chi connectivity index (χ3n) is 3.32. The summed E-state index contributed by atoms with van der Waals surface area (Å²) in [6.45, 7) is 2.86. The lowest BCUT2D eigenvalue weighted by Gasteiger charge is -2.10. The third kappa shape index (κ3) is 3.56. The average molecular weight is 267 g/mol. The van der Waals surface area contributed by atoms with Gasteiger partial charge in [-0.2, -0.15) is 0 Å². The first-order valence-electron chi connectivity index (χ1n) is 6.53. The van der Waals surface area contributed by atoms with Gasteiger partial charge in [0, 0.05) is 22.9 Å². The molecule has 0 aromatic heterocycles. The van der Waals surface area contributed by atoms with Crippen molar-refractivity contribution in [2.75, 3.05) is 18.1 Å². The molecule has 1 saturated heterocycles. The van der Waals surface area contributed by atoms with Crippen LogP contribution >= 0.6 is 0 Å². The molecule has 1 aromatic rings. The van der Waals surface area contributed by atoms with Crippen LogP contribution in [0.2, 0.25) is 0 Å². The molecule has 1 heterocycles. The van der Waals surface area contributed by atoms with Crippen LogP contribution in [-0.2, 0) is 15.5 Å². The molecule has 0 bridgehead atoms. The minimum absolute atomic E-state index is 0.398. The Morgan fingerprint density at radius 2 is 2.33 bits per heavy atom. The highest BCUT2D eigenvalue weighted by atomic mass is 32.2. The molecule has 18 heavy (non-hydrogen) atoms. The SMILES string of the molecule is Cc1cc(N)ccc1S(=O)CCCC1CCCO1. The summed E-state index contributed by atoms with van der Waals surface area (Å²) in [4.78, 5) is 0.913. The lowest BCUT2D eigenvalue weighted by Crippen LogP contribution is -2.08. The van der Waals surface area contributed by atoms with Crippen molar-refractivity contribution in [3.63, 3.8) is 0 Å². The Kier molecular flexibility index (Phi) is 4.78. The lowest BCUT2D eigenvalue weighted by atomic mass is 10.1. The molecule has 100 valence electrons. The van der Waals surface area contributed by atoms with Gasteiger partial charge in [0.2, 0.25) is 0 Å². The largest absolute Gasteiger partial charge is 0.399 e. The minimum atomic E-state index is -0.914. The number of hydrogen-bond acceptors (Lipinski definition) is 3. The second-order valence-electron chi connectivity index (χ2n) is 4.85. The first kappa shape index (κ1) is 13.6. The van der Waals surface area contributed by atoms with Crippen LogP contribution in [-0.4, -0.2) is 22.7 Å². The van der Waals surface area contributed by atoms with Crippen molar-refractivity contribution in [2.45, 2.75) is 43.6 Å². The topological polar surface area (TPSA) is 52.3 Å². The van der Waals surface area contributed by atoms with Gasteiger partial charge in [-0.15, -0.1) is 0 Å². The van der Waals surface area contributed by atoms with Crippen LogP contribution in [0.1, 0.15) is 31.2 Å². The average Bonchev–Trinajstić information content (AvgIpc) is 2.81. The summed E-state index contributed by atoms with van der Waals surface area (Å²) in [7, 11) is -0.914. The Morgan fingerprint density at radius 1 is 1.50 bits per heavy atom. The summed E-state index contributed by atoms with van der Waals surface area (Å²) in [5.41, 5.74) is 7.44. The molecule has 1 aliphatic rings. The maximum Gasteiger partial charge on any atom is 0.0576 e. The van der Waals surface area contributed by atoms with Gasteiger partial charge >= 0.3 is 0 Å². The molecule has 0 radical (unpaired) electrons. The van der Waals surface area contributed by atoms with Crippen LogP contribution in [0.3, 0.4) is 0 Å². The summed E-state index contributed by atoms with van der Waals surface area (Å²) in [6, 6.07) is 5.58. The fraction of sp³-hybridized carbons (Fsp3) is 0.571. The number of anilines is 1. The highest BCUT2D eigenvalue weighted by Crippen LogP contribution is 2.20. The van der Waals surface area contributed by atoms with Gasteiger partial charge in [0.25, 0.3) is 0 Å². The van der Waals surface area contributed by atoms with Crippen LogP contribution < -0.4 is 5.73 Å². The van der Waals surface area contributed by atoms with Crippen LogP contribution in [0.4, 0.5) is 5.69 Å². The monoisotopic (exact) mass is 267 g/mol. The third-order valence-corrected chi connectivity index (χ3v) is 4.93. The summed E-state index contributed by atoms with van der Waals surface area (Å²) in [5.74, 6) is 0.713. The number of rotatable bonds is 5. The quantitative estimate of drug-likeness (QED) is 0.834. The summed E-state index contributed by atoms with van der Waals surface area (Å²) in [6.07, 6.45) is 4.72. The van der Waals surface area contributed by atoms with E-state index in [1.807, 2.05) is 25.1 Å². The van der Waals surface area contributed by atoms with Crippen molar-refractivity contribution >= 4 is 16.5 Å². The van der Waals surface area contributed by atoms with E-state index in [9.17, 15) is 4.21 Å². The van der Waals surface area contributed by atoms with E-state index in [4.69, 9.17) is 10.5 Å². The molecule has 1 aromatic carbocycles. The van der Waals surface area contributed by atoms with Crippen LogP contribution in [0.15, 0.2) is 23.1 Å². The Balaban J connectivity index is 1.83. The molecule has 1 aliphatic heterocycles. The molecule has 3 nitrogen and oxygen atoms in total. The van der Waals surface area contributed by atoms with E-state index in [0.717, 1.165) is 42.0 Å². The van der Waals surface area contributed by atoms with Gasteiger partial charge in [-0.3, -0.25) is 4.21 Å². The molecule has 4 heteroatoms. The predicted octanol–water partition coefficient (Wildman–Crippen LogP) is 2.64. The molecule has 0 spiro atoms. The molecule has 1 fully saturated rings. The van der Waals surface area contributed by atoms with Gasteiger partial charge in [0.15, 0.2) is 0 Å². The zero-order valence-electron chi connectivity index (χ0n) is 10.9.